The summed E-state index contributed by atoms with van der Waals surface area (Å²) in [5.41, 5.74) is 2.17. The molecule has 0 saturated carbocycles. The molecule has 1 heterocycles. The molecule has 0 radical (unpaired) electrons. The number of hydrogen-bond donors (Lipinski definition) is 0. The third-order valence-electron chi connectivity index (χ3n) is 2.90. The van der Waals surface area contributed by atoms with Gasteiger partial charge in [-0.25, -0.2) is 9.48 Å². The van der Waals surface area contributed by atoms with E-state index >= 15 is 0 Å². The van der Waals surface area contributed by atoms with E-state index in [1.807, 2.05) is 6.92 Å². The van der Waals surface area contributed by atoms with Crippen LogP contribution < -0.4 is 0 Å². The molecule has 1 aromatic heterocycles. The van der Waals surface area contributed by atoms with Crippen molar-refractivity contribution >= 4 is 12.3 Å². The van der Waals surface area contributed by atoms with Crippen LogP contribution in [0.3, 0.4) is 0 Å². The number of hydrogen-bond acceptors (Lipinski definition) is 5. The van der Waals surface area contributed by atoms with Crippen LogP contribution in [-0.2, 0) is 11.2 Å². The predicted octanol–water partition coefficient (Wildman–Crippen LogP) is 1.82. The lowest BCUT2D eigenvalue weighted by atomic mass is 10.1. The maximum absolute atomic E-state index is 11.5. The molecule has 6 nitrogen and oxygen atoms in total. The SMILES string of the molecule is CCCc1c(C=O)nnn1-c1cccc(C(=O)OC)c1. The summed E-state index contributed by atoms with van der Waals surface area (Å²) in [4.78, 5) is 22.5. The highest BCUT2D eigenvalue weighted by Gasteiger charge is 2.14. The number of esters is 1. The third kappa shape index (κ3) is 2.59. The van der Waals surface area contributed by atoms with Crippen LogP contribution >= 0.6 is 0 Å². The van der Waals surface area contributed by atoms with Crippen molar-refractivity contribution in [1.82, 2.24) is 15.0 Å². The molecule has 104 valence electrons. The van der Waals surface area contributed by atoms with Crippen molar-refractivity contribution in [3.8, 4) is 5.69 Å². The van der Waals surface area contributed by atoms with E-state index < -0.39 is 5.97 Å². The average molecular weight is 273 g/mol. The Labute approximate surface area is 116 Å². The van der Waals surface area contributed by atoms with Gasteiger partial charge >= 0.3 is 5.97 Å². The van der Waals surface area contributed by atoms with Gasteiger partial charge in [0.2, 0.25) is 0 Å². The molecule has 0 unspecified atom stereocenters. The summed E-state index contributed by atoms with van der Waals surface area (Å²) < 4.78 is 6.27. The van der Waals surface area contributed by atoms with Gasteiger partial charge in [-0.2, -0.15) is 0 Å². The number of methoxy groups -OCH3 is 1. The van der Waals surface area contributed by atoms with Gasteiger partial charge in [-0.15, -0.1) is 5.10 Å². The molecule has 2 rings (SSSR count). The molecule has 2 aromatic rings. The van der Waals surface area contributed by atoms with E-state index in [2.05, 4.69) is 10.3 Å². The van der Waals surface area contributed by atoms with Crippen LogP contribution in [0.1, 0.15) is 39.9 Å². The van der Waals surface area contributed by atoms with Gasteiger partial charge in [-0.1, -0.05) is 24.6 Å². The van der Waals surface area contributed by atoms with Crippen LogP contribution in [0.4, 0.5) is 0 Å². The average Bonchev–Trinajstić information content (AvgIpc) is 2.90. The normalized spacial score (nSPS) is 10.3. The Hall–Kier alpha value is -2.50. The standard InChI is InChI=1S/C14H15N3O3/c1-3-5-13-12(9-18)15-16-17(13)11-7-4-6-10(8-11)14(19)20-2/h4,6-9H,3,5H2,1-2H3. The number of rotatable bonds is 5. The monoisotopic (exact) mass is 273 g/mol. The van der Waals surface area contributed by atoms with Gasteiger partial charge in [0, 0.05) is 0 Å². The molecule has 0 aliphatic carbocycles. The summed E-state index contributed by atoms with van der Waals surface area (Å²) in [5, 5.41) is 7.84. The summed E-state index contributed by atoms with van der Waals surface area (Å²) in [5.74, 6) is -0.417. The molecule has 20 heavy (non-hydrogen) atoms. The van der Waals surface area contributed by atoms with Crippen LogP contribution in [0.25, 0.3) is 5.69 Å². The highest BCUT2D eigenvalue weighted by molar-refractivity contribution is 5.89. The van der Waals surface area contributed by atoms with Gasteiger partial charge in [0.15, 0.2) is 6.29 Å². The lowest BCUT2D eigenvalue weighted by Gasteiger charge is -2.07. The zero-order valence-electron chi connectivity index (χ0n) is 11.4. The number of ether oxygens (including phenoxy) is 1. The first-order chi connectivity index (χ1) is 9.71. The molecule has 0 N–H and O–H groups in total. The molecular weight excluding hydrogens is 258 g/mol. The first kappa shape index (κ1) is 13.9. The lowest BCUT2D eigenvalue weighted by Crippen LogP contribution is -2.06. The van der Waals surface area contributed by atoms with Crippen molar-refractivity contribution in [3.63, 3.8) is 0 Å². The fraction of sp³-hybridized carbons (Fsp3) is 0.286. The number of carbonyl (C=O) groups excluding carboxylic acids is 2. The van der Waals surface area contributed by atoms with E-state index in [4.69, 9.17) is 4.74 Å². The quantitative estimate of drug-likeness (QED) is 0.613. The van der Waals surface area contributed by atoms with Gasteiger partial charge in [-0.3, -0.25) is 4.79 Å². The molecular formula is C14H15N3O3. The smallest absolute Gasteiger partial charge is 0.337 e. The molecule has 0 aliphatic heterocycles. The fourth-order valence-corrected chi connectivity index (χ4v) is 1.97. The Kier molecular flexibility index (Phi) is 4.24. The lowest BCUT2D eigenvalue weighted by molar-refractivity contribution is 0.0600. The largest absolute Gasteiger partial charge is 0.465 e. The predicted molar refractivity (Wildman–Crippen MR) is 72.1 cm³/mol. The van der Waals surface area contributed by atoms with Crippen LogP contribution in [0.2, 0.25) is 0 Å². The molecule has 1 aromatic carbocycles. The molecule has 0 spiro atoms. The van der Waals surface area contributed by atoms with Crippen molar-refractivity contribution in [2.45, 2.75) is 19.8 Å². The zero-order valence-corrected chi connectivity index (χ0v) is 11.4. The molecule has 0 atom stereocenters. The second-order valence-corrected chi connectivity index (χ2v) is 4.24. The summed E-state index contributed by atoms with van der Waals surface area (Å²) in [7, 11) is 1.33. The molecule has 0 bridgehead atoms. The van der Waals surface area contributed by atoms with Gasteiger partial charge in [0.05, 0.1) is 24.1 Å². The van der Waals surface area contributed by atoms with Crippen molar-refractivity contribution in [1.29, 1.82) is 0 Å². The highest BCUT2D eigenvalue weighted by atomic mass is 16.5. The van der Waals surface area contributed by atoms with E-state index in [1.54, 1.807) is 28.9 Å². The topological polar surface area (TPSA) is 74.1 Å². The van der Waals surface area contributed by atoms with E-state index in [0.717, 1.165) is 12.1 Å². The second-order valence-electron chi connectivity index (χ2n) is 4.24. The molecule has 0 fully saturated rings. The second kappa shape index (κ2) is 6.10. The first-order valence-corrected chi connectivity index (χ1v) is 6.29. The highest BCUT2D eigenvalue weighted by Crippen LogP contribution is 2.16. The summed E-state index contributed by atoms with van der Waals surface area (Å²) in [6.07, 6.45) is 2.24. The van der Waals surface area contributed by atoms with Gasteiger partial charge in [0.25, 0.3) is 0 Å². The van der Waals surface area contributed by atoms with Crippen LogP contribution in [0, 0.1) is 0 Å². The molecule has 0 saturated heterocycles. The molecule has 0 aliphatic rings. The number of carbonyl (C=O) groups is 2. The third-order valence-corrected chi connectivity index (χ3v) is 2.90. The van der Waals surface area contributed by atoms with Crippen molar-refractivity contribution < 1.29 is 14.3 Å². The van der Waals surface area contributed by atoms with Gasteiger partial charge in [-0.05, 0) is 24.6 Å². The van der Waals surface area contributed by atoms with E-state index in [9.17, 15) is 9.59 Å². The first-order valence-electron chi connectivity index (χ1n) is 6.29. The summed E-state index contributed by atoms with van der Waals surface area (Å²) in [6.45, 7) is 2.01. The number of aromatic nitrogens is 3. The van der Waals surface area contributed by atoms with Crippen LogP contribution in [0.15, 0.2) is 24.3 Å². The van der Waals surface area contributed by atoms with Gasteiger partial charge < -0.3 is 4.74 Å². The Morgan fingerprint density at radius 2 is 2.25 bits per heavy atom. The van der Waals surface area contributed by atoms with Crippen LogP contribution in [0.5, 0.6) is 0 Å². The fourth-order valence-electron chi connectivity index (χ4n) is 1.97. The maximum atomic E-state index is 11.5. The Morgan fingerprint density at radius 1 is 1.45 bits per heavy atom. The minimum absolute atomic E-state index is 0.329. The zero-order chi connectivity index (χ0) is 14.5. The minimum Gasteiger partial charge on any atom is -0.465 e. The number of aldehydes is 1. The number of nitrogens with zero attached hydrogens (tertiary/aromatic N) is 3. The van der Waals surface area contributed by atoms with Crippen molar-refractivity contribution in [3.05, 3.63) is 41.2 Å². The van der Waals surface area contributed by atoms with E-state index in [1.165, 1.54) is 7.11 Å². The van der Waals surface area contributed by atoms with Crippen molar-refractivity contribution in [2.75, 3.05) is 7.11 Å². The van der Waals surface area contributed by atoms with Crippen LogP contribution in [-0.4, -0.2) is 34.4 Å². The van der Waals surface area contributed by atoms with Gasteiger partial charge in [0.1, 0.15) is 5.69 Å². The summed E-state index contributed by atoms with van der Waals surface area (Å²) in [6, 6.07) is 6.86. The Bertz CT molecular complexity index is 634. The number of benzene rings is 1. The molecule has 0 amide bonds. The Balaban J connectivity index is 2.48. The van der Waals surface area contributed by atoms with Crippen molar-refractivity contribution in [2.24, 2.45) is 0 Å². The summed E-state index contributed by atoms with van der Waals surface area (Å²) >= 11 is 0. The van der Waals surface area contributed by atoms with E-state index in [0.29, 0.717) is 29.7 Å². The van der Waals surface area contributed by atoms with E-state index in [-0.39, 0.29) is 0 Å². The maximum Gasteiger partial charge on any atom is 0.337 e. The Morgan fingerprint density at radius 3 is 2.90 bits per heavy atom. The molecule has 6 heteroatoms. The minimum atomic E-state index is -0.417.